The van der Waals surface area contributed by atoms with Crippen molar-refractivity contribution in [1.29, 1.82) is 0 Å². The van der Waals surface area contributed by atoms with Crippen LogP contribution in [-0.2, 0) is 16.6 Å². The fraction of sp³-hybridized carbons (Fsp3) is 0.294. The molecule has 2 aromatic carbocycles. The van der Waals surface area contributed by atoms with E-state index in [0.29, 0.717) is 17.1 Å². The van der Waals surface area contributed by atoms with Crippen molar-refractivity contribution in [3.8, 4) is 0 Å². The van der Waals surface area contributed by atoms with Gasteiger partial charge in [0.05, 0.1) is 10.6 Å². The van der Waals surface area contributed by atoms with Crippen LogP contribution in [0.2, 0.25) is 5.02 Å². The Kier molecular flexibility index (Phi) is 5.89. The highest BCUT2D eigenvalue weighted by molar-refractivity contribution is 7.99. The molecule has 0 saturated carbocycles. The first kappa shape index (κ1) is 18.5. The standard InChI is InChI=1S/C17H18ClFN2O2S2/c18-13-4-6-14(7-5-13)25(22,23)20-17-3-1-2-16(19)15(17)12-21-8-10-24-11-9-21/h1-7,20H,8-12H2. The summed E-state index contributed by atoms with van der Waals surface area (Å²) in [5.74, 6) is 1.59. The van der Waals surface area contributed by atoms with E-state index in [1.54, 1.807) is 6.07 Å². The van der Waals surface area contributed by atoms with Crippen LogP contribution < -0.4 is 4.72 Å². The molecule has 0 aromatic heterocycles. The number of nitrogens with zero attached hydrogens (tertiary/aromatic N) is 1. The van der Waals surface area contributed by atoms with Crippen molar-refractivity contribution in [2.45, 2.75) is 11.4 Å². The molecule has 1 heterocycles. The molecule has 25 heavy (non-hydrogen) atoms. The van der Waals surface area contributed by atoms with Gasteiger partial charge in [0.2, 0.25) is 0 Å². The van der Waals surface area contributed by atoms with E-state index in [4.69, 9.17) is 11.6 Å². The van der Waals surface area contributed by atoms with Crippen LogP contribution >= 0.6 is 23.4 Å². The SMILES string of the molecule is O=S(=O)(Nc1cccc(F)c1CN1CCSCC1)c1ccc(Cl)cc1. The molecule has 0 amide bonds. The number of hydrogen-bond donors (Lipinski definition) is 1. The number of benzene rings is 2. The number of nitrogens with one attached hydrogen (secondary N) is 1. The van der Waals surface area contributed by atoms with Crippen molar-refractivity contribution in [2.75, 3.05) is 29.3 Å². The Balaban J connectivity index is 1.86. The molecule has 134 valence electrons. The van der Waals surface area contributed by atoms with E-state index in [-0.39, 0.29) is 10.6 Å². The smallest absolute Gasteiger partial charge is 0.261 e. The lowest BCUT2D eigenvalue weighted by molar-refractivity contribution is 0.290. The van der Waals surface area contributed by atoms with Crippen LogP contribution in [0.4, 0.5) is 10.1 Å². The lowest BCUT2D eigenvalue weighted by atomic mass is 10.1. The number of sulfonamides is 1. The van der Waals surface area contributed by atoms with Crippen molar-refractivity contribution in [3.63, 3.8) is 0 Å². The van der Waals surface area contributed by atoms with Crippen molar-refractivity contribution >= 4 is 39.1 Å². The van der Waals surface area contributed by atoms with Crippen molar-refractivity contribution in [3.05, 3.63) is 58.9 Å². The van der Waals surface area contributed by atoms with Crippen molar-refractivity contribution in [1.82, 2.24) is 4.90 Å². The van der Waals surface area contributed by atoms with Gasteiger partial charge in [-0.05, 0) is 36.4 Å². The minimum Gasteiger partial charge on any atom is -0.297 e. The van der Waals surface area contributed by atoms with E-state index in [0.717, 1.165) is 24.6 Å². The van der Waals surface area contributed by atoms with E-state index in [2.05, 4.69) is 9.62 Å². The third-order valence-electron chi connectivity index (χ3n) is 3.97. The zero-order valence-electron chi connectivity index (χ0n) is 13.4. The lowest BCUT2D eigenvalue weighted by Gasteiger charge is -2.27. The Morgan fingerprint density at radius 2 is 1.80 bits per heavy atom. The monoisotopic (exact) mass is 400 g/mol. The predicted octanol–water partition coefficient (Wildman–Crippen LogP) is 3.83. The maximum Gasteiger partial charge on any atom is 0.261 e. The Morgan fingerprint density at radius 1 is 1.12 bits per heavy atom. The molecule has 0 aliphatic carbocycles. The van der Waals surface area contributed by atoms with Gasteiger partial charge in [0, 0.05) is 41.7 Å². The second kappa shape index (κ2) is 7.95. The molecule has 4 nitrogen and oxygen atoms in total. The third-order valence-corrected chi connectivity index (χ3v) is 6.55. The number of anilines is 1. The molecule has 8 heteroatoms. The number of rotatable bonds is 5. The highest BCUT2D eigenvalue weighted by Crippen LogP contribution is 2.25. The molecule has 1 fully saturated rings. The molecule has 0 radical (unpaired) electrons. The molecule has 0 atom stereocenters. The largest absolute Gasteiger partial charge is 0.297 e. The van der Waals surface area contributed by atoms with Crippen molar-refractivity contribution < 1.29 is 12.8 Å². The first-order valence-electron chi connectivity index (χ1n) is 7.81. The highest BCUT2D eigenvalue weighted by atomic mass is 35.5. The van der Waals surface area contributed by atoms with Crippen LogP contribution in [0, 0.1) is 5.82 Å². The fourth-order valence-electron chi connectivity index (χ4n) is 2.62. The maximum atomic E-state index is 14.4. The van der Waals surface area contributed by atoms with Crippen LogP contribution in [0.5, 0.6) is 0 Å². The van der Waals surface area contributed by atoms with E-state index in [1.807, 2.05) is 11.8 Å². The molecule has 2 aromatic rings. The maximum absolute atomic E-state index is 14.4. The summed E-state index contributed by atoms with van der Waals surface area (Å²) in [5.41, 5.74) is 0.639. The Morgan fingerprint density at radius 3 is 2.48 bits per heavy atom. The van der Waals surface area contributed by atoms with E-state index in [9.17, 15) is 12.8 Å². The molecule has 1 saturated heterocycles. The van der Waals surface area contributed by atoms with Crippen LogP contribution in [-0.4, -0.2) is 37.9 Å². The normalized spacial score (nSPS) is 15.9. The topological polar surface area (TPSA) is 49.4 Å². The third kappa shape index (κ3) is 4.67. The zero-order chi connectivity index (χ0) is 17.9. The van der Waals surface area contributed by atoms with Gasteiger partial charge in [-0.15, -0.1) is 0 Å². The summed E-state index contributed by atoms with van der Waals surface area (Å²) in [6, 6.07) is 10.3. The minimum absolute atomic E-state index is 0.0847. The predicted molar refractivity (Wildman–Crippen MR) is 101 cm³/mol. The summed E-state index contributed by atoms with van der Waals surface area (Å²) in [5, 5.41) is 0.452. The molecule has 0 spiro atoms. The van der Waals surface area contributed by atoms with Gasteiger partial charge in [0.25, 0.3) is 10.0 Å². The van der Waals surface area contributed by atoms with Gasteiger partial charge in [-0.2, -0.15) is 11.8 Å². The zero-order valence-corrected chi connectivity index (χ0v) is 15.8. The Hall–Kier alpha value is -1.28. The van der Waals surface area contributed by atoms with E-state index in [1.165, 1.54) is 36.4 Å². The summed E-state index contributed by atoms with van der Waals surface area (Å²) in [6.45, 7) is 2.11. The second-order valence-electron chi connectivity index (χ2n) is 5.71. The highest BCUT2D eigenvalue weighted by Gasteiger charge is 2.20. The first-order chi connectivity index (χ1) is 12.0. The average molecular weight is 401 g/mol. The van der Waals surface area contributed by atoms with Crippen LogP contribution in [0.15, 0.2) is 47.4 Å². The lowest BCUT2D eigenvalue weighted by Crippen LogP contribution is -2.32. The Labute approximate surface area is 156 Å². The second-order valence-corrected chi connectivity index (χ2v) is 9.06. The van der Waals surface area contributed by atoms with Crippen LogP contribution in [0.1, 0.15) is 5.56 Å². The quantitative estimate of drug-likeness (QED) is 0.828. The number of hydrogen-bond acceptors (Lipinski definition) is 4. The molecule has 1 aliphatic rings. The van der Waals surface area contributed by atoms with E-state index < -0.39 is 15.8 Å². The minimum atomic E-state index is -3.81. The summed E-state index contributed by atoms with van der Waals surface area (Å²) in [7, 11) is -3.81. The molecule has 3 rings (SSSR count). The van der Waals surface area contributed by atoms with Gasteiger partial charge in [0.15, 0.2) is 0 Å². The molecular formula is C17H18ClFN2O2S2. The Bertz CT molecular complexity index is 838. The average Bonchev–Trinajstić information content (AvgIpc) is 2.59. The number of halogens is 2. The van der Waals surface area contributed by atoms with Crippen molar-refractivity contribution in [2.24, 2.45) is 0 Å². The van der Waals surface area contributed by atoms with Gasteiger partial charge in [0.1, 0.15) is 5.82 Å². The summed E-state index contributed by atoms with van der Waals surface area (Å²) >= 11 is 7.67. The molecule has 1 N–H and O–H groups in total. The van der Waals surface area contributed by atoms with Gasteiger partial charge < -0.3 is 0 Å². The molecule has 0 unspecified atom stereocenters. The van der Waals surface area contributed by atoms with Crippen LogP contribution in [0.25, 0.3) is 0 Å². The molecule has 0 bridgehead atoms. The van der Waals surface area contributed by atoms with E-state index >= 15 is 0 Å². The van der Waals surface area contributed by atoms with Gasteiger partial charge in [-0.25, -0.2) is 12.8 Å². The fourth-order valence-corrected chi connectivity index (χ4v) is 4.81. The van der Waals surface area contributed by atoms with Crippen LogP contribution in [0.3, 0.4) is 0 Å². The summed E-state index contributed by atoms with van der Waals surface area (Å²) in [4.78, 5) is 2.22. The van der Waals surface area contributed by atoms with Gasteiger partial charge in [-0.1, -0.05) is 17.7 Å². The first-order valence-corrected chi connectivity index (χ1v) is 10.8. The van der Waals surface area contributed by atoms with Gasteiger partial charge in [-0.3, -0.25) is 9.62 Å². The summed E-state index contributed by atoms with van der Waals surface area (Å²) in [6.07, 6.45) is 0. The van der Waals surface area contributed by atoms with Gasteiger partial charge >= 0.3 is 0 Å². The molecular weight excluding hydrogens is 383 g/mol. The molecule has 1 aliphatic heterocycles. The summed E-state index contributed by atoms with van der Waals surface area (Å²) < 4.78 is 42.0. The number of thioether (sulfide) groups is 1.